The average molecular weight is 1480 g/mol. The molecule has 36 nitrogen and oxygen atoms in total. The summed E-state index contributed by atoms with van der Waals surface area (Å²) in [5, 5.41) is 60.3. The second-order valence-electron chi connectivity index (χ2n) is 27.7. The highest BCUT2D eigenvalue weighted by atomic mass is 16.4. The van der Waals surface area contributed by atoms with Crippen LogP contribution in [0.4, 0.5) is 0 Å². The number of aliphatic hydroxyl groups is 2. The maximum absolute atomic E-state index is 15.3. The van der Waals surface area contributed by atoms with E-state index >= 15 is 14.4 Å². The number of hydrogen-bond acceptors (Lipinski definition) is 19. The van der Waals surface area contributed by atoms with Crippen molar-refractivity contribution >= 4 is 94.6 Å². The van der Waals surface area contributed by atoms with Gasteiger partial charge in [0.1, 0.15) is 78.5 Å². The van der Waals surface area contributed by atoms with Crippen molar-refractivity contribution in [3.8, 4) is 0 Å². The van der Waals surface area contributed by atoms with E-state index in [4.69, 9.17) is 17.2 Å². The molecule has 36 heteroatoms. The molecule has 0 aliphatic carbocycles. The first-order valence-electron chi connectivity index (χ1n) is 36.5. The number of nitrogens with zero attached hydrogens (tertiary/aromatic N) is 4. The van der Waals surface area contributed by atoms with Crippen LogP contribution in [0.1, 0.15) is 156 Å². The van der Waals surface area contributed by atoms with Gasteiger partial charge in [-0.2, -0.15) is 0 Å². The summed E-state index contributed by atoms with van der Waals surface area (Å²) in [6.45, 7) is 6.29. The summed E-state index contributed by atoms with van der Waals surface area (Å²) in [6, 6.07) is -11.3. The van der Waals surface area contributed by atoms with Gasteiger partial charge in [-0.25, -0.2) is 0 Å². The molecular formula is C69H108N18O18. The van der Waals surface area contributed by atoms with Crippen LogP contribution in [0.3, 0.4) is 0 Å². The van der Waals surface area contributed by atoms with E-state index in [9.17, 15) is 72.9 Å². The molecular weight excluding hydrogens is 1370 g/mol. The van der Waals surface area contributed by atoms with Gasteiger partial charge in [0.05, 0.1) is 25.7 Å². The number of carboxylic acid groups (broad SMARTS) is 1. The van der Waals surface area contributed by atoms with Crippen molar-refractivity contribution in [3.05, 3.63) is 35.9 Å². The highest BCUT2D eigenvalue weighted by molar-refractivity contribution is 6.01. The molecule has 105 heavy (non-hydrogen) atoms. The number of unbranched alkanes of at least 4 members (excludes halogenated alkanes) is 1. The second-order valence-corrected chi connectivity index (χ2v) is 27.7. The zero-order valence-electron chi connectivity index (χ0n) is 60.5. The first kappa shape index (κ1) is 84.4. The molecule has 0 aromatic heterocycles. The predicted octanol–water partition coefficient (Wildman–Crippen LogP) is -5.12. The van der Waals surface area contributed by atoms with Crippen LogP contribution in [0.5, 0.6) is 0 Å². The van der Waals surface area contributed by atoms with Crippen LogP contribution in [0.15, 0.2) is 35.3 Å². The fourth-order valence-corrected chi connectivity index (χ4v) is 13.6. The number of hydrogen-bond donors (Lipinski definition) is 17. The van der Waals surface area contributed by atoms with Crippen molar-refractivity contribution in [2.24, 2.45) is 34.0 Å². The lowest BCUT2D eigenvalue weighted by Gasteiger charge is -2.35. The molecule has 16 atom stereocenters. The summed E-state index contributed by atoms with van der Waals surface area (Å²) in [6.07, 6.45) is -1.76. The number of carboxylic acids is 1. The summed E-state index contributed by atoms with van der Waals surface area (Å²) >= 11 is 0. The number of benzene rings is 1. The molecule has 5 heterocycles. The third-order valence-corrected chi connectivity index (χ3v) is 20.0. The summed E-state index contributed by atoms with van der Waals surface area (Å²) in [7, 11) is 0. The maximum Gasteiger partial charge on any atom is 0.305 e. The Bertz CT molecular complexity index is 3290. The number of guanidine groups is 1. The number of carbonyl (C=O) groups is 15. The minimum Gasteiger partial charge on any atom is -0.481 e. The van der Waals surface area contributed by atoms with Crippen molar-refractivity contribution in [1.29, 1.82) is 0 Å². The minimum absolute atomic E-state index is 0.0000201. The molecule has 2 bridgehead atoms. The van der Waals surface area contributed by atoms with Crippen LogP contribution in [0, 0.1) is 11.8 Å². The van der Waals surface area contributed by atoms with E-state index in [2.05, 4.69) is 63.5 Å². The van der Waals surface area contributed by atoms with Gasteiger partial charge in [0.15, 0.2) is 5.96 Å². The Kier molecular flexibility index (Phi) is 33.1. The number of aliphatic carboxylic acids is 1. The van der Waals surface area contributed by atoms with E-state index < -0.39 is 205 Å². The molecule has 6 rings (SSSR count). The van der Waals surface area contributed by atoms with Gasteiger partial charge >= 0.3 is 5.97 Å². The quantitative estimate of drug-likeness (QED) is 0.0371. The van der Waals surface area contributed by atoms with E-state index in [0.717, 1.165) is 6.92 Å². The molecule has 5 saturated heterocycles. The first-order valence-corrected chi connectivity index (χ1v) is 36.5. The molecule has 0 unspecified atom stereocenters. The smallest absolute Gasteiger partial charge is 0.305 e. The predicted molar refractivity (Wildman–Crippen MR) is 378 cm³/mol. The third-order valence-electron chi connectivity index (χ3n) is 20.0. The highest BCUT2D eigenvalue weighted by Crippen LogP contribution is 2.28. The molecule has 1 aromatic carbocycles. The number of nitrogens with one attached hydrogen (secondary N) is 11. The van der Waals surface area contributed by atoms with Crippen molar-refractivity contribution < 1.29 is 87.2 Å². The fraction of sp³-hybridized carbons (Fsp3) is 0.681. The topological polar surface area (TPSA) is 549 Å². The van der Waals surface area contributed by atoms with Gasteiger partial charge in [0.2, 0.25) is 82.7 Å². The normalized spacial score (nSPS) is 28.5. The molecule has 5 fully saturated rings. The Morgan fingerprint density at radius 2 is 0.981 bits per heavy atom. The summed E-state index contributed by atoms with van der Waals surface area (Å²) in [5.74, 6) is -16.1. The zero-order valence-corrected chi connectivity index (χ0v) is 60.5. The molecule has 582 valence electrons. The van der Waals surface area contributed by atoms with E-state index in [1.807, 2.05) is 0 Å². The van der Waals surface area contributed by atoms with Gasteiger partial charge in [-0.05, 0) is 114 Å². The average Bonchev–Trinajstić information content (AvgIpc) is 1.69. The Labute approximate surface area is 609 Å². The molecule has 20 N–H and O–H groups in total. The number of rotatable bonds is 18. The molecule has 5 aliphatic rings. The maximum atomic E-state index is 15.3. The number of fused-ring (bicyclic) bond motifs is 8. The lowest BCUT2D eigenvalue weighted by molar-refractivity contribution is -0.149. The van der Waals surface area contributed by atoms with Crippen molar-refractivity contribution in [2.75, 3.05) is 45.9 Å². The first-order chi connectivity index (χ1) is 50.0. The van der Waals surface area contributed by atoms with E-state index in [1.165, 1.54) is 14.7 Å². The van der Waals surface area contributed by atoms with Crippen LogP contribution in [0.2, 0.25) is 0 Å². The largest absolute Gasteiger partial charge is 0.481 e. The van der Waals surface area contributed by atoms with Gasteiger partial charge in [-0.1, -0.05) is 83.7 Å². The van der Waals surface area contributed by atoms with Crippen LogP contribution in [0.25, 0.3) is 0 Å². The van der Waals surface area contributed by atoms with Crippen molar-refractivity contribution in [2.45, 2.75) is 241 Å². The molecule has 0 spiro atoms. The lowest BCUT2D eigenvalue weighted by Crippen LogP contribution is -2.62. The molecule has 14 amide bonds. The standard InChI is InChI=1S/C69H108N18O18/c1-6-37(3)53-64(101)77-42-21-11-12-22-44(76-57(94)41(24-15-29-73-69(71)72)75-51(90)35-74-56(93)45(34-52(91)92)79-62(99)48-25-16-30-85(48)66(103)46(80-58(42)95)33-40-19-9-8-10-20-40)60(97)84-55(39(5)89)65(102)78-43(23-13-14-28-70)59(96)81-47(36-88)61(98)83-54(38(4)7-2)68(105)87-32-18-27-50(87)67(104)86-31-17-26-49(86)63(100)82-53/h8-10,19-20,37-39,41-50,53-55,88-89H,6-7,11-18,21-36,70H2,1-5H3,(H,74,93)(H,75,90)(H,76,94)(H,77,101)(H,78,102)(H,79,99)(H,80,95)(H,81,96)(H,82,100)(H,83,98)(H,84,97)(H,91,92)(H4,71,72,73)/t37-,38-,39+,41-,42+,43-,44-,45-,46-,47-,48-,49-,50-,53-,54-,55-/m0/s1. The van der Waals surface area contributed by atoms with Gasteiger partial charge in [-0.3, -0.25) is 76.9 Å². The van der Waals surface area contributed by atoms with Crippen molar-refractivity contribution in [1.82, 2.24) is 73.2 Å². The number of carbonyl (C=O) groups excluding carboxylic acids is 14. The lowest BCUT2D eigenvalue weighted by atomic mass is 9.96. The molecule has 1 aromatic rings. The van der Waals surface area contributed by atoms with Crippen LogP contribution in [-0.4, -0.2) is 255 Å². The van der Waals surface area contributed by atoms with Gasteiger partial charge in [-0.15, -0.1) is 0 Å². The highest BCUT2D eigenvalue weighted by Gasteiger charge is 2.47. The number of nitrogens with two attached hydrogens (primary N) is 3. The van der Waals surface area contributed by atoms with Gasteiger partial charge < -0.3 is 106 Å². The molecule has 5 aliphatic heterocycles. The van der Waals surface area contributed by atoms with Gasteiger partial charge in [0.25, 0.3) is 0 Å². The SMILES string of the molecule is CC[C@H](C)[C@@H]1NC(=O)[C@@H]2CCCN2C(=O)[C@@H]2CCCN2C(=O)[C@H]([C@@H](C)CC)NC(=O)[C@H](CO)NC(=O)[C@H](CCCCN)NC(=O)[C@H]([C@@H](C)O)NC(=O)[C@@H]2CCCC[C@@H](NC1=O)C(=O)N[C@@H](Cc1ccccc1)C(=O)N1CCC[C@H]1C(=O)N[C@@H](CC(=O)O)C(=O)NCC(=O)N[C@@H](CCCN=C(N)N)C(=O)N2. The summed E-state index contributed by atoms with van der Waals surface area (Å²) in [5.41, 5.74) is 17.5. The third kappa shape index (κ3) is 24.2. The summed E-state index contributed by atoms with van der Waals surface area (Å²) in [4.78, 5) is 225. The number of amides is 14. The van der Waals surface area contributed by atoms with Crippen LogP contribution in [-0.2, 0) is 78.3 Å². The van der Waals surface area contributed by atoms with E-state index in [1.54, 1.807) is 58.0 Å². The Morgan fingerprint density at radius 1 is 0.505 bits per heavy atom. The minimum atomic E-state index is -1.93. The fourth-order valence-electron chi connectivity index (χ4n) is 13.6. The van der Waals surface area contributed by atoms with Crippen LogP contribution < -0.4 is 75.7 Å². The van der Waals surface area contributed by atoms with E-state index in [0.29, 0.717) is 31.2 Å². The van der Waals surface area contributed by atoms with E-state index in [-0.39, 0.29) is 129 Å². The number of aliphatic hydroxyl groups excluding tert-OH is 2. The van der Waals surface area contributed by atoms with Crippen molar-refractivity contribution in [3.63, 3.8) is 0 Å². The number of aliphatic imine (C=N–C) groups is 1. The molecule has 0 saturated carbocycles. The second kappa shape index (κ2) is 41.2. The van der Waals surface area contributed by atoms with Crippen LogP contribution >= 0.6 is 0 Å². The van der Waals surface area contributed by atoms with Gasteiger partial charge in [0, 0.05) is 32.6 Å². The zero-order chi connectivity index (χ0) is 77.2. The molecule has 0 radical (unpaired) electrons. The Hall–Kier alpha value is -9.58. The monoisotopic (exact) mass is 1480 g/mol. The Balaban J connectivity index is 1.50. The Morgan fingerprint density at radius 3 is 1.56 bits per heavy atom. The summed E-state index contributed by atoms with van der Waals surface area (Å²) < 4.78 is 0.